The first kappa shape index (κ1) is 22.8. The van der Waals surface area contributed by atoms with E-state index in [1.165, 1.54) is 5.56 Å². The van der Waals surface area contributed by atoms with Crippen molar-refractivity contribution in [2.75, 3.05) is 31.1 Å². The number of likely N-dealkylation sites (tertiary alicyclic amines) is 1. The van der Waals surface area contributed by atoms with E-state index in [2.05, 4.69) is 5.32 Å². The van der Waals surface area contributed by atoms with E-state index in [4.69, 9.17) is 4.74 Å². The van der Waals surface area contributed by atoms with Crippen LogP contribution in [0.5, 0.6) is 5.75 Å². The highest BCUT2D eigenvalue weighted by atomic mass is 16.6. The van der Waals surface area contributed by atoms with Gasteiger partial charge in [0.25, 0.3) is 0 Å². The molecular weight excluding hydrogens is 418 g/mol. The molecule has 1 atom stereocenters. The lowest BCUT2D eigenvalue weighted by molar-refractivity contribution is -0.126. The lowest BCUT2D eigenvalue weighted by atomic mass is 9.96. The van der Waals surface area contributed by atoms with E-state index in [9.17, 15) is 14.4 Å². The molecule has 7 nitrogen and oxygen atoms in total. The third kappa shape index (κ3) is 5.53. The minimum absolute atomic E-state index is 0.0105. The predicted octanol–water partition coefficient (Wildman–Crippen LogP) is 3.68. The fourth-order valence-electron chi connectivity index (χ4n) is 4.39. The molecule has 2 heterocycles. The van der Waals surface area contributed by atoms with E-state index in [0.717, 1.165) is 24.1 Å². The molecule has 1 N–H and O–H groups in total. The maximum atomic E-state index is 12.7. The summed E-state index contributed by atoms with van der Waals surface area (Å²) in [7, 11) is 0. The molecule has 3 amide bonds. The summed E-state index contributed by atoms with van der Waals surface area (Å²) in [5.74, 6) is 0.435. The van der Waals surface area contributed by atoms with E-state index in [0.29, 0.717) is 37.8 Å². The van der Waals surface area contributed by atoms with Gasteiger partial charge in [-0.15, -0.1) is 0 Å². The van der Waals surface area contributed by atoms with Crippen molar-refractivity contribution in [1.82, 2.24) is 10.2 Å². The Morgan fingerprint density at radius 2 is 1.76 bits per heavy atom. The van der Waals surface area contributed by atoms with Crippen LogP contribution in [0.3, 0.4) is 0 Å². The molecule has 0 aromatic heterocycles. The predicted molar refractivity (Wildman–Crippen MR) is 126 cm³/mol. The zero-order valence-corrected chi connectivity index (χ0v) is 19.3. The van der Waals surface area contributed by atoms with Crippen molar-refractivity contribution in [3.05, 3.63) is 59.7 Å². The maximum Gasteiger partial charge on any atom is 0.415 e. The number of nitrogens with zero attached hydrogens (tertiary/aromatic N) is 2. The van der Waals surface area contributed by atoms with Crippen molar-refractivity contribution in [1.29, 1.82) is 0 Å². The highest BCUT2D eigenvalue weighted by molar-refractivity contribution is 6.00. The summed E-state index contributed by atoms with van der Waals surface area (Å²) < 4.78 is 5.41. The van der Waals surface area contributed by atoms with Gasteiger partial charge in [-0.05, 0) is 68.0 Å². The third-order valence-corrected chi connectivity index (χ3v) is 6.68. The Labute approximate surface area is 194 Å². The molecule has 4 rings (SSSR count). The second-order valence-electron chi connectivity index (χ2n) is 9.03. The molecule has 2 aromatic rings. The zero-order chi connectivity index (χ0) is 23.4. The van der Waals surface area contributed by atoms with Gasteiger partial charge in [0.15, 0.2) is 0 Å². The quantitative estimate of drug-likeness (QED) is 0.755. The van der Waals surface area contributed by atoms with Crippen molar-refractivity contribution in [2.45, 2.75) is 33.1 Å². The number of para-hydroxylation sites is 1. The van der Waals surface area contributed by atoms with Crippen LogP contribution in [0.2, 0.25) is 0 Å². The van der Waals surface area contributed by atoms with E-state index in [-0.39, 0.29) is 30.2 Å². The van der Waals surface area contributed by atoms with Gasteiger partial charge in [0.05, 0.1) is 5.92 Å². The second kappa shape index (κ2) is 10.1. The lowest BCUT2D eigenvalue weighted by Crippen LogP contribution is -2.43. The van der Waals surface area contributed by atoms with Crippen LogP contribution in [-0.4, -0.2) is 49.0 Å². The Morgan fingerprint density at radius 1 is 1.03 bits per heavy atom. The number of ether oxygens (including phenoxy) is 1. The largest absolute Gasteiger partial charge is 0.415 e. The van der Waals surface area contributed by atoms with E-state index in [1.54, 1.807) is 21.9 Å². The molecule has 0 bridgehead atoms. The number of carbonyl (C=O) groups is 3. The van der Waals surface area contributed by atoms with Gasteiger partial charge >= 0.3 is 6.09 Å². The molecular formula is C26H31N3O4. The van der Waals surface area contributed by atoms with Crippen LogP contribution in [0.4, 0.5) is 10.5 Å². The summed E-state index contributed by atoms with van der Waals surface area (Å²) in [5, 5.41) is 3.04. The van der Waals surface area contributed by atoms with Crippen molar-refractivity contribution >= 4 is 23.6 Å². The van der Waals surface area contributed by atoms with Gasteiger partial charge in [0.2, 0.25) is 11.8 Å². The minimum Gasteiger partial charge on any atom is -0.410 e. The van der Waals surface area contributed by atoms with Crippen LogP contribution in [0.1, 0.15) is 30.4 Å². The smallest absolute Gasteiger partial charge is 0.410 e. The van der Waals surface area contributed by atoms with Gasteiger partial charge in [-0.25, -0.2) is 4.79 Å². The minimum atomic E-state index is -0.334. The normalized spacial score (nSPS) is 19.0. The number of nitrogens with one attached hydrogen (secondary N) is 1. The SMILES string of the molecule is Cc1ccc(N2C[C@H](C(=O)NCC3CCN(C(=O)Oc4ccccc4)CC3)CC2=O)cc1C. The molecule has 2 saturated heterocycles. The molecule has 174 valence electrons. The Hall–Kier alpha value is -3.35. The molecule has 33 heavy (non-hydrogen) atoms. The lowest BCUT2D eigenvalue weighted by Gasteiger charge is -2.31. The van der Waals surface area contributed by atoms with Crippen molar-refractivity contribution in [3.8, 4) is 5.75 Å². The van der Waals surface area contributed by atoms with Crippen molar-refractivity contribution in [2.24, 2.45) is 11.8 Å². The molecule has 2 aromatic carbocycles. The summed E-state index contributed by atoms with van der Waals surface area (Å²) in [6, 6.07) is 15.0. The van der Waals surface area contributed by atoms with E-state index >= 15 is 0 Å². The molecule has 0 spiro atoms. The number of hydrogen-bond acceptors (Lipinski definition) is 4. The molecule has 2 fully saturated rings. The monoisotopic (exact) mass is 449 g/mol. The average molecular weight is 450 g/mol. The molecule has 0 unspecified atom stereocenters. The number of hydrogen-bond donors (Lipinski definition) is 1. The van der Waals surface area contributed by atoms with Gasteiger partial charge in [-0.3, -0.25) is 9.59 Å². The molecule has 0 radical (unpaired) electrons. The molecule has 0 aliphatic carbocycles. The van der Waals surface area contributed by atoms with Crippen LogP contribution in [0, 0.1) is 25.7 Å². The van der Waals surface area contributed by atoms with Gasteiger partial charge in [0.1, 0.15) is 5.75 Å². The van der Waals surface area contributed by atoms with Gasteiger partial charge < -0.3 is 19.9 Å². The second-order valence-corrected chi connectivity index (χ2v) is 9.03. The van der Waals surface area contributed by atoms with Crippen LogP contribution >= 0.6 is 0 Å². The number of piperidine rings is 1. The Balaban J connectivity index is 1.21. The number of carbonyl (C=O) groups excluding carboxylic acids is 3. The average Bonchev–Trinajstić information content (AvgIpc) is 3.22. The van der Waals surface area contributed by atoms with Crippen molar-refractivity contribution < 1.29 is 19.1 Å². The van der Waals surface area contributed by atoms with Gasteiger partial charge in [-0.2, -0.15) is 0 Å². The van der Waals surface area contributed by atoms with Crippen LogP contribution in [0.25, 0.3) is 0 Å². The Bertz CT molecular complexity index is 1020. The number of rotatable bonds is 5. The summed E-state index contributed by atoms with van der Waals surface area (Å²) in [6.45, 7) is 6.25. The summed E-state index contributed by atoms with van der Waals surface area (Å²) in [4.78, 5) is 41.0. The standard InChI is InChI=1S/C26H31N3O4/c1-18-8-9-22(14-19(18)2)29-17-21(15-24(29)30)25(31)27-16-20-10-12-28(13-11-20)26(32)33-23-6-4-3-5-7-23/h3-9,14,20-21H,10-13,15-17H2,1-2H3,(H,27,31)/t21-/m1/s1. The van der Waals surface area contributed by atoms with Crippen LogP contribution < -0.4 is 15.0 Å². The zero-order valence-electron chi connectivity index (χ0n) is 19.3. The molecule has 0 saturated carbocycles. The molecule has 2 aliphatic heterocycles. The number of amides is 3. The number of anilines is 1. The first-order valence-corrected chi connectivity index (χ1v) is 11.6. The van der Waals surface area contributed by atoms with Gasteiger partial charge in [0, 0.05) is 38.3 Å². The Kier molecular flexibility index (Phi) is 6.96. The first-order valence-electron chi connectivity index (χ1n) is 11.6. The highest BCUT2D eigenvalue weighted by Gasteiger charge is 2.35. The van der Waals surface area contributed by atoms with Gasteiger partial charge in [-0.1, -0.05) is 24.3 Å². The number of aryl methyl sites for hydroxylation is 2. The Morgan fingerprint density at radius 3 is 2.45 bits per heavy atom. The molecule has 2 aliphatic rings. The topological polar surface area (TPSA) is 79.0 Å². The first-order chi connectivity index (χ1) is 15.9. The van der Waals surface area contributed by atoms with Crippen molar-refractivity contribution in [3.63, 3.8) is 0 Å². The number of benzene rings is 2. The third-order valence-electron chi connectivity index (χ3n) is 6.68. The summed E-state index contributed by atoms with van der Waals surface area (Å²) >= 11 is 0. The van der Waals surface area contributed by atoms with E-state index in [1.807, 2.05) is 50.2 Å². The fourth-order valence-corrected chi connectivity index (χ4v) is 4.39. The van der Waals surface area contributed by atoms with Crippen LogP contribution in [0.15, 0.2) is 48.5 Å². The maximum absolute atomic E-state index is 12.7. The highest BCUT2D eigenvalue weighted by Crippen LogP contribution is 2.27. The fraction of sp³-hybridized carbons (Fsp3) is 0.423. The molecule has 7 heteroatoms. The summed E-state index contributed by atoms with van der Waals surface area (Å²) in [5.41, 5.74) is 3.17. The summed E-state index contributed by atoms with van der Waals surface area (Å²) in [6.07, 6.45) is 1.52. The van der Waals surface area contributed by atoms with Crippen LogP contribution in [-0.2, 0) is 9.59 Å². The van der Waals surface area contributed by atoms with E-state index < -0.39 is 0 Å².